The van der Waals surface area contributed by atoms with E-state index in [1.165, 1.54) is 77.0 Å². The number of aliphatic carboxylic acids is 1. The molecule has 1 aliphatic heterocycles. The summed E-state index contributed by atoms with van der Waals surface area (Å²) in [5.74, 6) is 4.83. The van der Waals surface area contributed by atoms with Gasteiger partial charge in [-0.25, -0.2) is 0 Å². The van der Waals surface area contributed by atoms with Crippen molar-refractivity contribution < 1.29 is 14.5 Å². The summed E-state index contributed by atoms with van der Waals surface area (Å²) in [6.45, 7) is 1.86. The zero-order valence-electron chi connectivity index (χ0n) is 17.1. The normalized spacial score (nSPS) is 53.5. The molecule has 9 rings (SSSR count). The number of carboxylic acids is 1. The highest BCUT2D eigenvalue weighted by molar-refractivity contribution is 6.31. The molecule has 0 unspecified atom stereocenters. The summed E-state index contributed by atoms with van der Waals surface area (Å²) in [5.41, 5.74) is 0.280. The monoisotopic (exact) mass is 382 g/mol. The van der Waals surface area contributed by atoms with Crippen LogP contribution in [0.3, 0.4) is 0 Å². The van der Waals surface area contributed by atoms with Crippen molar-refractivity contribution in [2.24, 2.45) is 35.5 Å². The van der Waals surface area contributed by atoms with E-state index in [4.69, 9.17) is 0 Å². The van der Waals surface area contributed by atoms with Gasteiger partial charge in [0.1, 0.15) is 24.2 Å². The molecular weight excluding hydrogens is 348 g/mol. The molecule has 0 aromatic carbocycles. The maximum absolute atomic E-state index is 12.6. The van der Waals surface area contributed by atoms with E-state index >= 15 is 0 Å². The smallest absolute Gasteiger partial charge is 0.296 e. The lowest BCUT2D eigenvalue weighted by atomic mass is 9.52. The van der Waals surface area contributed by atoms with E-state index in [0.29, 0.717) is 5.84 Å². The Labute approximate surface area is 168 Å². The Morgan fingerprint density at radius 1 is 0.786 bits per heavy atom. The van der Waals surface area contributed by atoms with Crippen molar-refractivity contribution in [3.8, 4) is 0 Å². The third-order valence-corrected chi connectivity index (χ3v) is 10.4. The number of hydrogen-bond donors (Lipinski definition) is 0. The van der Waals surface area contributed by atoms with Crippen LogP contribution < -0.4 is 5.11 Å². The molecule has 0 aromatic rings. The van der Waals surface area contributed by atoms with Gasteiger partial charge in [-0.1, -0.05) is 0 Å². The van der Waals surface area contributed by atoms with Gasteiger partial charge >= 0.3 is 0 Å². The number of hydrogen-bond acceptors (Lipinski definition) is 3. The minimum absolute atomic E-state index is 0.140. The van der Waals surface area contributed by atoms with E-state index in [1.807, 2.05) is 0 Å². The number of carbonyl (C=O) groups is 1. The Morgan fingerprint density at radius 2 is 1.21 bits per heavy atom. The molecule has 0 N–H and O–H groups in total. The average Bonchev–Trinajstić information content (AvgIpc) is 3.06. The molecule has 0 radical (unpaired) electrons. The summed E-state index contributed by atoms with van der Waals surface area (Å²) in [4.78, 5) is 15.0. The predicted molar refractivity (Wildman–Crippen MR) is 104 cm³/mol. The Balaban J connectivity index is 1.30. The van der Waals surface area contributed by atoms with Crippen molar-refractivity contribution in [1.29, 1.82) is 0 Å². The highest BCUT2D eigenvalue weighted by atomic mass is 16.4. The second-order valence-corrected chi connectivity index (χ2v) is 12.2. The van der Waals surface area contributed by atoms with Crippen molar-refractivity contribution in [1.82, 2.24) is 4.90 Å². The first-order valence-corrected chi connectivity index (χ1v) is 12.2. The SMILES string of the molecule is O=C([O-])C1=[N+](C23CC4CC(CC(C4)C2)C3)CCN1C12CC3CC(CC(C3)C1)C2. The Hall–Kier alpha value is -1.06. The van der Waals surface area contributed by atoms with E-state index in [-0.39, 0.29) is 11.1 Å². The molecular formula is C24H34N2O2. The van der Waals surface area contributed by atoms with Gasteiger partial charge in [0.2, 0.25) is 0 Å². The van der Waals surface area contributed by atoms with E-state index in [2.05, 4.69) is 9.48 Å². The van der Waals surface area contributed by atoms with Gasteiger partial charge in [0.25, 0.3) is 5.84 Å². The van der Waals surface area contributed by atoms with Crippen LogP contribution in [0.4, 0.5) is 0 Å². The molecule has 8 fully saturated rings. The molecule has 28 heavy (non-hydrogen) atoms. The summed E-state index contributed by atoms with van der Waals surface area (Å²) in [6, 6.07) is 0. The third-order valence-electron chi connectivity index (χ3n) is 10.4. The summed E-state index contributed by atoms with van der Waals surface area (Å²) >= 11 is 0. The van der Waals surface area contributed by atoms with Crippen LogP contribution in [-0.4, -0.2) is 45.4 Å². The van der Waals surface area contributed by atoms with E-state index in [0.717, 1.165) is 48.6 Å². The van der Waals surface area contributed by atoms with Gasteiger partial charge in [0.05, 0.1) is 0 Å². The average molecular weight is 383 g/mol. The van der Waals surface area contributed by atoms with E-state index in [1.54, 1.807) is 0 Å². The van der Waals surface area contributed by atoms with Crippen molar-refractivity contribution >= 4 is 11.8 Å². The number of carboxylic acid groups (broad SMARTS) is 1. The first-order valence-electron chi connectivity index (χ1n) is 12.2. The Morgan fingerprint density at radius 3 is 1.64 bits per heavy atom. The summed E-state index contributed by atoms with van der Waals surface area (Å²) in [6.07, 6.45) is 15.9. The highest BCUT2D eigenvalue weighted by Gasteiger charge is 2.62. The zero-order chi connectivity index (χ0) is 18.7. The molecule has 0 aromatic heterocycles. The van der Waals surface area contributed by atoms with Crippen molar-refractivity contribution in [2.45, 2.75) is 88.1 Å². The van der Waals surface area contributed by atoms with Gasteiger partial charge in [-0.05, 0) is 113 Å². The second-order valence-electron chi connectivity index (χ2n) is 12.2. The molecule has 1 heterocycles. The van der Waals surface area contributed by atoms with Gasteiger partial charge < -0.3 is 9.90 Å². The first-order chi connectivity index (χ1) is 13.5. The summed E-state index contributed by atoms with van der Waals surface area (Å²) < 4.78 is 2.41. The van der Waals surface area contributed by atoms with Gasteiger partial charge in [-0.2, -0.15) is 0 Å². The number of amidine groups is 1. The molecule has 152 valence electrons. The molecule has 8 bridgehead atoms. The fourth-order valence-corrected chi connectivity index (χ4v) is 10.5. The second kappa shape index (κ2) is 5.35. The number of carbonyl (C=O) groups excluding carboxylic acids is 1. The number of nitrogens with zero attached hydrogens (tertiary/aromatic N) is 2. The minimum Gasteiger partial charge on any atom is -0.538 e. The number of rotatable bonds is 3. The van der Waals surface area contributed by atoms with E-state index < -0.39 is 5.97 Å². The third kappa shape index (κ3) is 2.13. The molecule has 0 spiro atoms. The molecule has 8 saturated carbocycles. The van der Waals surface area contributed by atoms with Gasteiger partial charge in [0.15, 0.2) is 5.97 Å². The zero-order valence-corrected chi connectivity index (χ0v) is 17.1. The lowest BCUT2D eigenvalue weighted by Crippen LogP contribution is -2.64. The van der Waals surface area contributed by atoms with Crippen LogP contribution in [0, 0.1) is 35.5 Å². The Bertz CT molecular complexity index is 698. The fraction of sp³-hybridized carbons (Fsp3) is 0.917. The molecule has 9 aliphatic rings. The van der Waals surface area contributed by atoms with Gasteiger partial charge in [0, 0.05) is 0 Å². The molecule has 0 amide bonds. The van der Waals surface area contributed by atoms with Crippen LogP contribution in [-0.2, 0) is 4.79 Å². The summed E-state index contributed by atoms with van der Waals surface area (Å²) in [7, 11) is 0. The predicted octanol–water partition coefficient (Wildman–Crippen LogP) is 2.40. The van der Waals surface area contributed by atoms with Crippen LogP contribution in [0.5, 0.6) is 0 Å². The van der Waals surface area contributed by atoms with Crippen LogP contribution in [0.1, 0.15) is 77.0 Å². The Kier molecular flexibility index (Phi) is 3.19. The molecule has 0 saturated heterocycles. The van der Waals surface area contributed by atoms with Crippen LogP contribution in [0.25, 0.3) is 0 Å². The molecule has 4 heteroatoms. The lowest BCUT2D eigenvalue weighted by Gasteiger charge is -2.57. The first kappa shape index (κ1) is 16.7. The topological polar surface area (TPSA) is 46.4 Å². The standard InChI is InChI=1S/C24H34N2O2/c27-22(28)21-25(23-9-15-3-16(10-23)5-17(4-15)11-23)1-2-26(21)24-12-18-6-19(13-24)8-20(7-18)14-24/h15-20H,1-14H2. The molecule has 0 atom stereocenters. The maximum atomic E-state index is 12.6. The van der Waals surface area contributed by atoms with Gasteiger partial charge in [-0.15, -0.1) is 0 Å². The van der Waals surface area contributed by atoms with Crippen molar-refractivity contribution in [3.05, 3.63) is 0 Å². The van der Waals surface area contributed by atoms with Gasteiger partial charge in [-0.3, -0.25) is 9.48 Å². The van der Waals surface area contributed by atoms with E-state index in [9.17, 15) is 9.90 Å². The van der Waals surface area contributed by atoms with Crippen molar-refractivity contribution in [3.63, 3.8) is 0 Å². The molecule has 4 nitrogen and oxygen atoms in total. The minimum atomic E-state index is -0.885. The maximum Gasteiger partial charge on any atom is 0.296 e. The molecule has 8 aliphatic carbocycles. The van der Waals surface area contributed by atoms with Crippen LogP contribution in [0.15, 0.2) is 0 Å². The lowest BCUT2D eigenvalue weighted by molar-refractivity contribution is -0.618. The van der Waals surface area contributed by atoms with Crippen LogP contribution >= 0.6 is 0 Å². The summed E-state index contributed by atoms with van der Waals surface area (Å²) in [5, 5.41) is 12.6. The quantitative estimate of drug-likeness (QED) is 0.704. The highest BCUT2D eigenvalue weighted by Crippen LogP contribution is 2.60. The van der Waals surface area contributed by atoms with Crippen molar-refractivity contribution in [2.75, 3.05) is 13.1 Å². The largest absolute Gasteiger partial charge is 0.538 e. The fourth-order valence-electron chi connectivity index (χ4n) is 10.5. The van der Waals surface area contributed by atoms with Crippen LogP contribution in [0.2, 0.25) is 0 Å².